The Kier molecular flexibility index (Phi) is 10.2. The number of carbonyl (C=O) groups excluding carboxylic acids is 2. The number of hydrogen-bond donors (Lipinski definition) is 1. The number of carbonyl (C=O) groups is 2. The average Bonchev–Trinajstić information content (AvgIpc) is 3.00. The van der Waals surface area contributed by atoms with Gasteiger partial charge in [0.15, 0.2) is 0 Å². The molecule has 2 amide bonds. The van der Waals surface area contributed by atoms with Crippen LogP contribution in [0.2, 0.25) is 0 Å². The fraction of sp³-hybridized carbons (Fsp3) is 0.355. The second-order valence-electron chi connectivity index (χ2n) is 10.3. The summed E-state index contributed by atoms with van der Waals surface area (Å²) in [6.45, 7) is 0.861. The van der Waals surface area contributed by atoms with Crippen LogP contribution in [-0.2, 0) is 26.2 Å². The summed E-state index contributed by atoms with van der Waals surface area (Å²) in [5.74, 6) is -1.59. The number of benzene rings is 3. The lowest BCUT2D eigenvalue weighted by atomic mass is 9.95. The molecule has 42 heavy (non-hydrogen) atoms. The molecule has 11 heteroatoms. The molecule has 0 aliphatic heterocycles. The van der Waals surface area contributed by atoms with Gasteiger partial charge in [-0.05, 0) is 86.0 Å². The molecule has 0 heterocycles. The van der Waals surface area contributed by atoms with Gasteiger partial charge in [-0.15, -0.1) is 0 Å². The molecule has 1 fully saturated rings. The van der Waals surface area contributed by atoms with E-state index in [4.69, 9.17) is 4.74 Å². The second-order valence-corrected chi connectivity index (χ2v) is 12.2. The first-order valence-corrected chi connectivity index (χ1v) is 15.3. The van der Waals surface area contributed by atoms with Crippen LogP contribution in [0.25, 0.3) is 0 Å². The summed E-state index contributed by atoms with van der Waals surface area (Å²) in [7, 11) is -2.86. The molecule has 1 aliphatic carbocycles. The highest BCUT2D eigenvalue weighted by molar-refractivity contribution is 7.92. The third-order valence-electron chi connectivity index (χ3n) is 7.43. The van der Waals surface area contributed by atoms with Gasteiger partial charge in [0, 0.05) is 12.6 Å². The van der Waals surface area contributed by atoms with Crippen molar-refractivity contribution in [3.05, 3.63) is 90.0 Å². The van der Waals surface area contributed by atoms with Crippen LogP contribution in [0.3, 0.4) is 0 Å². The highest BCUT2D eigenvalue weighted by Gasteiger charge is 2.33. The fourth-order valence-corrected chi connectivity index (χ4v) is 6.36. The third-order valence-corrected chi connectivity index (χ3v) is 9.21. The maximum Gasteiger partial charge on any atom is 0.264 e. The number of amides is 2. The zero-order valence-electron chi connectivity index (χ0n) is 23.6. The van der Waals surface area contributed by atoms with Crippen LogP contribution < -0.4 is 14.4 Å². The van der Waals surface area contributed by atoms with Crippen molar-refractivity contribution >= 4 is 27.5 Å². The van der Waals surface area contributed by atoms with Gasteiger partial charge in [-0.2, -0.15) is 0 Å². The molecule has 8 nitrogen and oxygen atoms in total. The molecular formula is C31H35F2N3O5S. The van der Waals surface area contributed by atoms with E-state index in [-0.39, 0.29) is 29.1 Å². The number of rotatable bonds is 11. The molecule has 4 rings (SSSR count). The minimum Gasteiger partial charge on any atom is -0.497 e. The van der Waals surface area contributed by atoms with Gasteiger partial charge in [-0.3, -0.25) is 13.9 Å². The lowest BCUT2D eigenvalue weighted by molar-refractivity contribution is -0.139. The number of sulfonamides is 1. The molecule has 1 atom stereocenters. The first-order valence-electron chi connectivity index (χ1n) is 13.8. The molecule has 1 aliphatic rings. The van der Waals surface area contributed by atoms with Crippen LogP contribution in [0, 0.1) is 11.6 Å². The molecular weight excluding hydrogens is 564 g/mol. The largest absolute Gasteiger partial charge is 0.497 e. The molecule has 224 valence electrons. The Labute approximate surface area is 245 Å². The topological polar surface area (TPSA) is 96.0 Å². The first kappa shape index (κ1) is 31.0. The van der Waals surface area contributed by atoms with Crippen LogP contribution >= 0.6 is 0 Å². The van der Waals surface area contributed by atoms with Gasteiger partial charge in [0.05, 0.1) is 17.7 Å². The summed E-state index contributed by atoms with van der Waals surface area (Å²) in [5, 5.41) is 3.03. The van der Waals surface area contributed by atoms with E-state index < -0.39 is 40.2 Å². The fourth-order valence-electron chi connectivity index (χ4n) is 4.95. The van der Waals surface area contributed by atoms with E-state index in [0.29, 0.717) is 11.3 Å². The van der Waals surface area contributed by atoms with Gasteiger partial charge in [0.2, 0.25) is 11.8 Å². The standard InChI is InChI=1S/C31H35F2N3O5S/c1-22(31(38)34-26-6-4-3-5-7-26)35(20-23-8-10-24(32)11-9-23)30(37)21-36(27-14-12-25(33)13-15-27)42(39,40)29-18-16-28(41-2)17-19-29/h8-19,22,26H,3-7,20-21H2,1-2H3,(H,34,38)/t22-/m1/s1. The Hall–Kier alpha value is -3.99. The summed E-state index contributed by atoms with van der Waals surface area (Å²) in [6, 6.07) is 15.0. The predicted molar refractivity (Wildman–Crippen MR) is 155 cm³/mol. The Morgan fingerprint density at radius 1 is 0.905 bits per heavy atom. The maximum atomic E-state index is 14.0. The van der Waals surface area contributed by atoms with E-state index in [9.17, 15) is 26.8 Å². The van der Waals surface area contributed by atoms with Gasteiger partial charge in [-0.1, -0.05) is 31.4 Å². The van der Waals surface area contributed by atoms with Crippen LogP contribution in [0.5, 0.6) is 5.75 Å². The molecule has 3 aromatic carbocycles. The zero-order chi connectivity index (χ0) is 30.3. The normalized spacial score (nSPS) is 14.6. The van der Waals surface area contributed by atoms with Crippen LogP contribution in [0.15, 0.2) is 77.7 Å². The molecule has 0 bridgehead atoms. The van der Waals surface area contributed by atoms with Crippen LogP contribution in [0.4, 0.5) is 14.5 Å². The number of methoxy groups -OCH3 is 1. The Morgan fingerprint density at radius 2 is 1.48 bits per heavy atom. The Balaban J connectivity index is 1.66. The van der Waals surface area contributed by atoms with Gasteiger partial charge in [0.25, 0.3) is 10.0 Å². The van der Waals surface area contributed by atoms with Gasteiger partial charge in [0.1, 0.15) is 30.0 Å². The van der Waals surface area contributed by atoms with Crippen molar-refractivity contribution in [1.82, 2.24) is 10.2 Å². The molecule has 0 radical (unpaired) electrons. The van der Waals surface area contributed by atoms with Crippen LogP contribution in [-0.4, -0.2) is 50.9 Å². The lowest BCUT2D eigenvalue weighted by Gasteiger charge is -2.33. The molecule has 0 unspecified atom stereocenters. The average molecular weight is 600 g/mol. The minimum atomic E-state index is -4.31. The Morgan fingerprint density at radius 3 is 2.05 bits per heavy atom. The van der Waals surface area contributed by atoms with E-state index in [1.54, 1.807) is 6.92 Å². The molecule has 1 saturated carbocycles. The van der Waals surface area contributed by atoms with Crippen molar-refractivity contribution in [2.45, 2.75) is 62.6 Å². The van der Waals surface area contributed by atoms with E-state index >= 15 is 0 Å². The van der Waals surface area contributed by atoms with Crippen molar-refractivity contribution in [3.8, 4) is 5.75 Å². The summed E-state index contributed by atoms with van der Waals surface area (Å²) >= 11 is 0. The molecule has 1 N–H and O–H groups in total. The summed E-state index contributed by atoms with van der Waals surface area (Å²) in [6.07, 6.45) is 4.82. The van der Waals surface area contributed by atoms with Gasteiger partial charge >= 0.3 is 0 Å². The number of nitrogens with one attached hydrogen (secondary N) is 1. The van der Waals surface area contributed by atoms with Crippen molar-refractivity contribution in [2.75, 3.05) is 18.0 Å². The number of ether oxygens (including phenoxy) is 1. The van der Waals surface area contributed by atoms with Crippen molar-refractivity contribution in [2.24, 2.45) is 0 Å². The van der Waals surface area contributed by atoms with E-state index in [2.05, 4.69) is 5.32 Å². The highest BCUT2D eigenvalue weighted by Crippen LogP contribution is 2.26. The van der Waals surface area contributed by atoms with Crippen molar-refractivity contribution < 1.29 is 31.5 Å². The molecule has 0 aromatic heterocycles. The zero-order valence-corrected chi connectivity index (χ0v) is 24.4. The monoisotopic (exact) mass is 599 g/mol. The Bertz CT molecular complexity index is 1460. The minimum absolute atomic E-state index is 0.00244. The lowest BCUT2D eigenvalue weighted by Crippen LogP contribution is -2.53. The number of hydrogen-bond acceptors (Lipinski definition) is 5. The smallest absolute Gasteiger partial charge is 0.264 e. The summed E-state index contributed by atoms with van der Waals surface area (Å²) in [5.41, 5.74) is 0.634. The van der Waals surface area contributed by atoms with Crippen molar-refractivity contribution in [1.29, 1.82) is 0 Å². The van der Waals surface area contributed by atoms with Crippen molar-refractivity contribution in [3.63, 3.8) is 0 Å². The number of anilines is 1. The first-order chi connectivity index (χ1) is 20.1. The third kappa shape index (κ3) is 7.64. The summed E-state index contributed by atoms with van der Waals surface area (Å²) < 4.78 is 61.1. The maximum absolute atomic E-state index is 14.0. The number of halogens is 2. The molecule has 3 aromatic rings. The number of nitrogens with zero attached hydrogens (tertiary/aromatic N) is 2. The quantitative estimate of drug-likeness (QED) is 0.334. The highest BCUT2D eigenvalue weighted by atomic mass is 32.2. The van der Waals surface area contributed by atoms with Crippen LogP contribution in [0.1, 0.15) is 44.6 Å². The summed E-state index contributed by atoms with van der Waals surface area (Å²) in [4.78, 5) is 28.5. The van der Waals surface area contributed by atoms with Gasteiger partial charge < -0.3 is 15.0 Å². The van der Waals surface area contributed by atoms with E-state index in [0.717, 1.165) is 48.5 Å². The second kappa shape index (κ2) is 13.8. The predicted octanol–water partition coefficient (Wildman–Crippen LogP) is 5.03. The van der Waals surface area contributed by atoms with Gasteiger partial charge in [-0.25, -0.2) is 17.2 Å². The van der Waals surface area contributed by atoms with E-state index in [1.165, 1.54) is 72.7 Å². The SMILES string of the molecule is COc1ccc(S(=O)(=O)N(CC(=O)N(Cc2ccc(F)cc2)[C@H](C)C(=O)NC2CCCCC2)c2ccc(F)cc2)cc1. The van der Waals surface area contributed by atoms with E-state index in [1.807, 2.05) is 0 Å². The molecule has 0 spiro atoms. The molecule has 0 saturated heterocycles.